The van der Waals surface area contributed by atoms with Crippen LogP contribution in [0.25, 0.3) is 6.08 Å². The number of hydrogen-bond donors (Lipinski definition) is 1. The van der Waals surface area contributed by atoms with E-state index in [1.807, 2.05) is 18.2 Å². The van der Waals surface area contributed by atoms with Crippen molar-refractivity contribution in [3.05, 3.63) is 65.2 Å². The molecule has 150 valence electrons. The quantitative estimate of drug-likeness (QED) is 0.664. The molecule has 0 spiro atoms. The van der Waals surface area contributed by atoms with Crippen LogP contribution in [-0.4, -0.2) is 28.8 Å². The van der Waals surface area contributed by atoms with E-state index in [1.165, 1.54) is 24.3 Å². The number of halogens is 2. The van der Waals surface area contributed by atoms with Gasteiger partial charge in [0.25, 0.3) is 0 Å². The van der Waals surface area contributed by atoms with Crippen LogP contribution >= 0.6 is 11.6 Å². The van der Waals surface area contributed by atoms with Gasteiger partial charge in [0.15, 0.2) is 5.78 Å². The molecule has 3 fully saturated rings. The highest BCUT2D eigenvalue weighted by Gasteiger charge is 2.68. The normalized spacial score (nSPS) is 24.5. The molecule has 1 N–H and O–H groups in total. The number of ether oxygens (including phenoxy) is 1. The molecule has 3 aliphatic rings. The number of rotatable bonds is 8. The molecule has 0 unspecified atom stereocenters. The highest BCUT2D eigenvalue weighted by Crippen LogP contribution is 2.69. The number of ketones is 1. The summed E-state index contributed by atoms with van der Waals surface area (Å²) in [4.78, 5) is 28.5. The SMILES string of the molecule is O=C(COc1ccc(Cl)c(F)c1)CC12CC(NC(=O)/C=C/c3ccccn3)(C1)C2. The predicted molar refractivity (Wildman–Crippen MR) is 107 cm³/mol. The van der Waals surface area contributed by atoms with Crippen molar-refractivity contribution in [1.82, 2.24) is 10.3 Å². The number of nitrogens with zero attached hydrogens (tertiary/aromatic N) is 1. The summed E-state index contributed by atoms with van der Waals surface area (Å²) in [5.74, 6) is -0.481. The zero-order valence-corrected chi connectivity index (χ0v) is 16.4. The molecule has 29 heavy (non-hydrogen) atoms. The second-order valence-corrected chi connectivity index (χ2v) is 8.38. The predicted octanol–water partition coefficient (Wildman–Crippen LogP) is 3.96. The van der Waals surface area contributed by atoms with Crippen molar-refractivity contribution in [3.8, 4) is 5.75 Å². The van der Waals surface area contributed by atoms with E-state index in [4.69, 9.17) is 16.3 Å². The van der Waals surface area contributed by atoms with Crippen LogP contribution in [0.1, 0.15) is 31.4 Å². The van der Waals surface area contributed by atoms with E-state index in [0.29, 0.717) is 6.42 Å². The fourth-order valence-corrected chi connectivity index (χ4v) is 4.57. The van der Waals surface area contributed by atoms with E-state index in [9.17, 15) is 14.0 Å². The van der Waals surface area contributed by atoms with Gasteiger partial charge in [0, 0.05) is 30.3 Å². The Bertz CT molecular complexity index is 958. The molecule has 7 heteroatoms. The van der Waals surface area contributed by atoms with Crippen LogP contribution in [0, 0.1) is 11.2 Å². The largest absolute Gasteiger partial charge is 0.486 e. The van der Waals surface area contributed by atoms with Crippen LogP contribution in [-0.2, 0) is 9.59 Å². The van der Waals surface area contributed by atoms with Crippen LogP contribution in [0.2, 0.25) is 5.02 Å². The molecule has 0 saturated heterocycles. The molecule has 3 saturated carbocycles. The Kier molecular flexibility index (Phi) is 5.13. The zero-order valence-electron chi connectivity index (χ0n) is 15.7. The standard InChI is InChI=1S/C22H20ClFN2O3/c23-18-6-5-17(9-19(18)24)29-11-16(27)10-21-12-22(13-21,14-21)26-20(28)7-4-15-3-1-2-8-25-15/h1-9H,10-14H2,(H,26,28)/b7-4+. The van der Waals surface area contributed by atoms with Gasteiger partial charge in [-0.3, -0.25) is 14.6 Å². The first-order valence-corrected chi connectivity index (χ1v) is 9.76. The smallest absolute Gasteiger partial charge is 0.244 e. The molecular weight excluding hydrogens is 395 g/mol. The summed E-state index contributed by atoms with van der Waals surface area (Å²) < 4.78 is 18.8. The van der Waals surface area contributed by atoms with Crippen LogP contribution in [0.4, 0.5) is 4.39 Å². The van der Waals surface area contributed by atoms with Crippen LogP contribution in [0.5, 0.6) is 5.75 Å². The third-order valence-electron chi connectivity index (χ3n) is 5.48. The number of aromatic nitrogens is 1. The summed E-state index contributed by atoms with van der Waals surface area (Å²) in [7, 11) is 0. The Morgan fingerprint density at radius 3 is 2.72 bits per heavy atom. The van der Waals surface area contributed by atoms with Gasteiger partial charge in [-0.2, -0.15) is 0 Å². The number of carbonyl (C=O) groups excluding carboxylic acids is 2. The number of benzene rings is 1. The van der Waals surface area contributed by atoms with E-state index in [-0.39, 0.29) is 40.0 Å². The lowest BCUT2D eigenvalue weighted by atomic mass is 9.38. The monoisotopic (exact) mass is 414 g/mol. The molecular formula is C22H20ClFN2O3. The first kappa shape index (κ1) is 19.6. The third-order valence-corrected chi connectivity index (χ3v) is 5.79. The number of hydrogen-bond acceptors (Lipinski definition) is 4. The van der Waals surface area contributed by atoms with Gasteiger partial charge in [0.1, 0.15) is 18.2 Å². The maximum absolute atomic E-state index is 13.4. The molecule has 0 aliphatic heterocycles. The summed E-state index contributed by atoms with van der Waals surface area (Å²) in [6.45, 7) is -0.102. The highest BCUT2D eigenvalue weighted by molar-refractivity contribution is 6.30. The minimum absolute atomic E-state index is 0.0137. The van der Waals surface area contributed by atoms with Crippen LogP contribution in [0.15, 0.2) is 48.7 Å². The second kappa shape index (κ2) is 7.59. The van der Waals surface area contributed by atoms with Crippen LogP contribution < -0.4 is 10.1 Å². The average molecular weight is 415 g/mol. The summed E-state index contributed by atoms with van der Waals surface area (Å²) in [6.07, 6.45) is 7.63. The van der Waals surface area contributed by atoms with Gasteiger partial charge in [-0.05, 0) is 55.0 Å². The lowest BCUT2D eigenvalue weighted by Gasteiger charge is -2.70. The van der Waals surface area contributed by atoms with Gasteiger partial charge in [-0.1, -0.05) is 17.7 Å². The summed E-state index contributed by atoms with van der Waals surface area (Å²) in [5, 5.41) is 3.06. The van der Waals surface area contributed by atoms with E-state index in [2.05, 4.69) is 10.3 Å². The Morgan fingerprint density at radius 2 is 2.03 bits per heavy atom. The summed E-state index contributed by atoms with van der Waals surface area (Å²) in [6, 6.07) is 9.60. The summed E-state index contributed by atoms with van der Waals surface area (Å²) >= 11 is 5.63. The van der Waals surface area contributed by atoms with Crippen LogP contribution in [0.3, 0.4) is 0 Å². The van der Waals surface area contributed by atoms with Gasteiger partial charge in [-0.25, -0.2) is 4.39 Å². The first-order valence-electron chi connectivity index (χ1n) is 9.38. The minimum atomic E-state index is -0.578. The second-order valence-electron chi connectivity index (χ2n) is 7.97. The molecule has 5 rings (SSSR count). The molecule has 3 aliphatic carbocycles. The maximum atomic E-state index is 13.4. The molecule has 2 aromatic rings. The Balaban J connectivity index is 1.20. The van der Waals surface area contributed by atoms with Crippen molar-refractivity contribution < 1.29 is 18.7 Å². The fraction of sp³-hybridized carbons (Fsp3) is 0.318. The number of Topliss-reactive ketones (excluding diaryl/α,β-unsaturated/α-hetero) is 1. The van der Waals surface area contributed by atoms with Gasteiger partial charge >= 0.3 is 0 Å². The Hall–Kier alpha value is -2.73. The topological polar surface area (TPSA) is 68.3 Å². The molecule has 2 bridgehead atoms. The van der Waals surface area contributed by atoms with Crippen molar-refractivity contribution in [2.45, 2.75) is 31.2 Å². The average Bonchev–Trinajstić information content (AvgIpc) is 2.65. The van der Waals surface area contributed by atoms with Crippen molar-refractivity contribution in [1.29, 1.82) is 0 Å². The van der Waals surface area contributed by atoms with Gasteiger partial charge in [0.05, 0.1) is 10.7 Å². The highest BCUT2D eigenvalue weighted by atomic mass is 35.5. The zero-order chi connectivity index (χ0) is 20.5. The molecule has 1 heterocycles. The Labute approximate surface area is 172 Å². The van der Waals surface area contributed by atoms with Gasteiger partial charge in [0.2, 0.25) is 5.91 Å². The number of pyridine rings is 1. The van der Waals surface area contributed by atoms with Crippen molar-refractivity contribution in [3.63, 3.8) is 0 Å². The van der Waals surface area contributed by atoms with Gasteiger partial charge < -0.3 is 10.1 Å². The molecule has 1 aromatic carbocycles. The minimum Gasteiger partial charge on any atom is -0.486 e. The fourth-order valence-electron chi connectivity index (χ4n) is 4.46. The number of carbonyl (C=O) groups is 2. The molecule has 5 nitrogen and oxygen atoms in total. The van der Waals surface area contributed by atoms with E-state index >= 15 is 0 Å². The molecule has 0 atom stereocenters. The van der Waals surface area contributed by atoms with Crippen molar-refractivity contribution in [2.75, 3.05) is 6.61 Å². The maximum Gasteiger partial charge on any atom is 0.244 e. The Morgan fingerprint density at radius 1 is 1.24 bits per heavy atom. The number of amides is 1. The van der Waals surface area contributed by atoms with Crippen molar-refractivity contribution >= 4 is 29.4 Å². The lowest BCUT2D eigenvalue weighted by molar-refractivity contribution is -0.171. The van der Waals surface area contributed by atoms with E-state index in [0.717, 1.165) is 25.0 Å². The molecule has 0 radical (unpaired) electrons. The third kappa shape index (κ3) is 4.32. The van der Waals surface area contributed by atoms with E-state index in [1.54, 1.807) is 12.3 Å². The van der Waals surface area contributed by atoms with Gasteiger partial charge in [-0.15, -0.1) is 0 Å². The summed E-state index contributed by atoms with van der Waals surface area (Å²) in [5.41, 5.74) is 0.498. The van der Waals surface area contributed by atoms with E-state index < -0.39 is 5.82 Å². The lowest BCUT2D eigenvalue weighted by Crippen LogP contribution is -2.74. The molecule has 1 amide bonds. The number of nitrogens with one attached hydrogen (secondary N) is 1. The molecule has 1 aromatic heterocycles. The first-order chi connectivity index (χ1) is 13.9. The van der Waals surface area contributed by atoms with Crippen molar-refractivity contribution in [2.24, 2.45) is 5.41 Å².